The third kappa shape index (κ3) is 1.77. The highest BCUT2D eigenvalue weighted by atomic mass is 16.3. The molecule has 0 N–H and O–H groups in total. The molecule has 0 amide bonds. The number of hydrogen-bond acceptors (Lipinski definition) is 1. The molecule has 7 rings (SSSR count). The van der Waals surface area contributed by atoms with Gasteiger partial charge in [-0.3, -0.25) is 0 Å². The van der Waals surface area contributed by atoms with Crippen molar-refractivity contribution in [2.75, 3.05) is 0 Å². The maximum absolute atomic E-state index is 6.41. The van der Waals surface area contributed by atoms with Crippen molar-refractivity contribution < 1.29 is 4.42 Å². The maximum atomic E-state index is 6.41. The molecule has 0 bridgehead atoms. The minimum Gasteiger partial charge on any atom is -0.456 e. The molecule has 0 saturated carbocycles. The molecule has 1 aromatic heterocycles. The lowest BCUT2D eigenvalue weighted by Crippen LogP contribution is -1.97. The van der Waals surface area contributed by atoms with Crippen LogP contribution in [0, 0.1) is 0 Å². The van der Waals surface area contributed by atoms with Crippen LogP contribution < -0.4 is 0 Å². The van der Waals surface area contributed by atoms with E-state index in [-0.39, 0.29) is 0 Å². The summed E-state index contributed by atoms with van der Waals surface area (Å²) in [7, 11) is 0. The third-order valence-corrected chi connectivity index (χ3v) is 6.53. The molecule has 1 heteroatoms. The van der Waals surface area contributed by atoms with Crippen molar-refractivity contribution in [1.82, 2.24) is 0 Å². The molecule has 4 aromatic carbocycles. The zero-order chi connectivity index (χ0) is 18.2. The number of furan rings is 1. The Kier molecular flexibility index (Phi) is 2.70. The maximum Gasteiger partial charge on any atom is 0.139 e. The van der Waals surface area contributed by atoms with E-state index in [4.69, 9.17) is 4.42 Å². The van der Waals surface area contributed by atoms with Crippen molar-refractivity contribution in [2.45, 2.75) is 19.3 Å². The van der Waals surface area contributed by atoms with Crippen molar-refractivity contribution in [1.29, 1.82) is 0 Å². The Bertz CT molecular complexity index is 1480. The first kappa shape index (κ1) is 14.7. The first-order valence-corrected chi connectivity index (χ1v) is 10.1. The number of fused-ring (bicyclic) bond motifs is 11. The molecular weight excluding hydrogens is 340 g/mol. The molecular formula is C27H18O. The van der Waals surface area contributed by atoms with Crippen LogP contribution in [-0.2, 0) is 12.8 Å². The molecule has 0 aliphatic heterocycles. The van der Waals surface area contributed by atoms with Gasteiger partial charge in [0.2, 0.25) is 0 Å². The third-order valence-electron chi connectivity index (χ3n) is 6.53. The number of benzene rings is 4. The fraction of sp³-hybridized carbons (Fsp3) is 0.111. The van der Waals surface area contributed by atoms with Crippen LogP contribution >= 0.6 is 0 Å². The van der Waals surface area contributed by atoms with Gasteiger partial charge in [0.25, 0.3) is 0 Å². The molecule has 0 spiro atoms. The minimum atomic E-state index is 0.989. The van der Waals surface area contributed by atoms with Crippen LogP contribution in [0.5, 0.6) is 0 Å². The van der Waals surface area contributed by atoms with Gasteiger partial charge >= 0.3 is 0 Å². The minimum absolute atomic E-state index is 0.989. The smallest absolute Gasteiger partial charge is 0.139 e. The highest BCUT2D eigenvalue weighted by Crippen LogP contribution is 2.46. The lowest BCUT2D eigenvalue weighted by Gasteiger charge is -2.16. The summed E-state index contributed by atoms with van der Waals surface area (Å²) < 4.78 is 6.41. The number of para-hydroxylation sites is 1. The molecule has 0 fully saturated rings. The van der Waals surface area contributed by atoms with Crippen molar-refractivity contribution in [2.24, 2.45) is 0 Å². The molecule has 0 radical (unpaired) electrons. The van der Waals surface area contributed by atoms with Gasteiger partial charge in [-0.1, -0.05) is 54.6 Å². The molecule has 132 valence electrons. The van der Waals surface area contributed by atoms with Gasteiger partial charge in [0.15, 0.2) is 0 Å². The van der Waals surface area contributed by atoms with E-state index in [1.165, 1.54) is 54.9 Å². The summed E-state index contributed by atoms with van der Waals surface area (Å²) in [5.74, 6) is 0. The molecule has 0 unspecified atom stereocenters. The predicted octanol–water partition coefficient (Wildman–Crippen LogP) is 7.27. The molecule has 5 aromatic rings. The van der Waals surface area contributed by atoms with Gasteiger partial charge in [0.1, 0.15) is 11.2 Å². The molecule has 28 heavy (non-hydrogen) atoms. The van der Waals surface area contributed by atoms with Gasteiger partial charge in [-0.15, -0.1) is 0 Å². The molecule has 2 aliphatic carbocycles. The Morgan fingerprint density at radius 2 is 1.64 bits per heavy atom. The zero-order valence-electron chi connectivity index (χ0n) is 15.5. The number of hydrogen-bond donors (Lipinski definition) is 0. The van der Waals surface area contributed by atoms with Gasteiger partial charge in [-0.2, -0.15) is 0 Å². The summed E-state index contributed by atoms with van der Waals surface area (Å²) in [5, 5.41) is 5.20. The quantitative estimate of drug-likeness (QED) is 0.278. The van der Waals surface area contributed by atoms with E-state index in [1.807, 2.05) is 0 Å². The summed E-state index contributed by atoms with van der Waals surface area (Å²) in [4.78, 5) is 0. The van der Waals surface area contributed by atoms with Crippen molar-refractivity contribution in [3.8, 4) is 11.1 Å². The average molecular weight is 358 g/mol. The topological polar surface area (TPSA) is 13.1 Å². The van der Waals surface area contributed by atoms with Gasteiger partial charge in [0, 0.05) is 16.3 Å². The molecule has 2 aliphatic rings. The lowest BCUT2D eigenvalue weighted by atomic mass is 9.87. The van der Waals surface area contributed by atoms with Gasteiger partial charge < -0.3 is 4.42 Å². The molecule has 0 saturated heterocycles. The van der Waals surface area contributed by atoms with E-state index in [1.54, 1.807) is 0 Å². The van der Waals surface area contributed by atoms with Crippen LogP contribution in [0.2, 0.25) is 0 Å². The van der Waals surface area contributed by atoms with Crippen LogP contribution in [-0.4, -0.2) is 0 Å². The summed E-state index contributed by atoms with van der Waals surface area (Å²) >= 11 is 0. The lowest BCUT2D eigenvalue weighted by molar-refractivity contribution is 0.662. The predicted molar refractivity (Wildman–Crippen MR) is 117 cm³/mol. The first-order chi connectivity index (χ1) is 13.9. The van der Waals surface area contributed by atoms with E-state index in [9.17, 15) is 0 Å². The fourth-order valence-electron chi connectivity index (χ4n) is 5.29. The van der Waals surface area contributed by atoms with E-state index >= 15 is 0 Å². The van der Waals surface area contributed by atoms with Crippen molar-refractivity contribution in [3.63, 3.8) is 0 Å². The SMILES string of the molecule is C1=Cc2c(c3oc4ccccc4c3c3cc4c(cc23)Cc2ccccc2-4)CC1. The fourth-order valence-corrected chi connectivity index (χ4v) is 5.29. The second-order valence-electron chi connectivity index (χ2n) is 8.02. The normalized spacial score (nSPS) is 14.6. The van der Waals surface area contributed by atoms with Gasteiger partial charge in [-0.25, -0.2) is 0 Å². The number of allylic oxidation sites excluding steroid dienone is 1. The van der Waals surface area contributed by atoms with E-state index in [0.29, 0.717) is 0 Å². The Morgan fingerprint density at radius 3 is 2.64 bits per heavy atom. The molecule has 1 heterocycles. The summed E-state index contributed by atoms with van der Waals surface area (Å²) in [6.45, 7) is 0. The largest absolute Gasteiger partial charge is 0.456 e. The molecule has 0 atom stereocenters. The Hall–Kier alpha value is -3.32. The van der Waals surface area contributed by atoms with Gasteiger partial charge in [-0.05, 0) is 76.1 Å². The Balaban J connectivity index is 1.72. The van der Waals surface area contributed by atoms with Crippen LogP contribution in [0.4, 0.5) is 0 Å². The van der Waals surface area contributed by atoms with Crippen LogP contribution in [0.15, 0.2) is 71.2 Å². The van der Waals surface area contributed by atoms with Crippen LogP contribution in [0.25, 0.3) is 49.9 Å². The monoisotopic (exact) mass is 358 g/mol. The Morgan fingerprint density at radius 1 is 0.750 bits per heavy atom. The second-order valence-corrected chi connectivity index (χ2v) is 8.02. The van der Waals surface area contributed by atoms with Crippen molar-refractivity contribution >= 4 is 38.8 Å². The number of rotatable bonds is 0. The summed E-state index contributed by atoms with van der Waals surface area (Å²) in [5.41, 5.74) is 10.4. The van der Waals surface area contributed by atoms with Crippen LogP contribution in [0.3, 0.4) is 0 Å². The first-order valence-electron chi connectivity index (χ1n) is 10.1. The molecule has 1 nitrogen and oxygen atoms in total. The second kappa shape index (κ2) is 5.14. The average Bonchev–Trinajstić information content (AvgIpc) is 3.31. The van der Waals surface area contributed by atoms with Crippen molar-refractivity contribution in [3.05, 3.63) is 89.0 Å². The highest BCUT2D eigenvalue weighted by Gasteiger charge is 2.24. The zero-order valence-corrected chi connectivity index (χ0v) is 15.5. The summed E-state index contributed by atoms with van der Waals surface area (Å²) in [6.07, 6.45) is 7.78. The Labute approximate surface area is 162 Å². The van der Waals surface area contributed by atoms with E-state index in [2.05, 4.69) is 72.8 Å². The van der Waals surface area contributed by atoms with E-state index < -0.39 is 0 Å². The highest BCUT2D eigenvalue weighted by molar-refractivity contribution is 6.22. The summed E-state index contributed by atoms with van der Waals surface area (Å²) in [6, 6.07) is 22.2. The van der Waals surface area contributed by atoms with Crippen LogP contribution in [0.1, 0.15) is 28.7 Å². The van der Waals surface area contributed by atoms with E-state index in [0.717, 1.165) is 30.4 Å². The number of aryl methyl sites for hydroxylation is 1. The van der Waals surface area contributed by atoms with Gasteiger partial charge in [0.05, 0.1) is 0 Å². The standard InChI is InChI=1S/C27H18O/c1-2-8-18-16(7-1)13-17-14-23-19-9-3-4-10-20(19)27-26(24(23)15-22(17)18)21-11-5-6-12-25(21)28-27/h1-3,5-9,11-12,14-15H,4,10,13H2.